The van der Waals surface area contributed by atoms with Gasteiger partial charge in [-0.15, -0.1) is 6.58 Å². The third-order valence-electron chi connectivity index (χ3n) is 2.09. The molecule has 2 N–H and O–H groups in total. The Morgan fingerprint density at radius 1 is 1.31 bits per heavy atom. The van der Waals surface area contributed by atoms with Gasteiger partial charge in [0, 0.05) is 19.3 Å². The van der Waals surface area contributed by atoms with Gasteiger partial charge >= 0.3 is 0 Å². The zero-order chi connectivity index (χ0) is 12.0. The summed E-state index contributed by atoms with van der Waals surface area (Å²) in [4.78, 5) is 0.274. The number of hydrogen-bond acceptors (Lipinski definition) is 3. The molecule has 0 heterocycles. The molecule has 0 fully saturated rings. The standard InChI is InChI=1S/C11H16N2O2S/c1-3-4-9-13-16(14,15)11-7-5-10(12-2)6-8-11/h3,5-8,12-13H,1,4,9H2,2H3. The van der Waals surface area contributed by atoms with Crippen molar-refractivity contribution in [2.75, 3.05) is 18.9 Å². The summed E-state index contributed by atoms with van der Waals surface area (Å²) in [5, 5.41) is 2.93. The highest BCUT2D eigenvalue weighted by Crippen LogP contribution is 2.13. The van der Waals surface area contributed by atoms with Crippen LogP contribution >= 0.6 is 0 Å². The topological polar surface area (TPSA) is 58.2 Å². The summed E-state index contributed by atoms with van der Waals surface area (Å²) in [6.45, 7) is 3.91. The molecule has 0 aliphatic rings. The van der Waals surface area contributed by atoms with E-state index >= 15 is 0 Å². The molecular weight excluding hydrogens is 224 g/mol. The Bertz CT molecular complexity index is 438. The third kappa shape index (κ3) is 3.36. The Kier molecular flexibility index (Phi) is 4.52. The number of nitrogens with one attached hydrogen (secondary N) is 2. The minimum absolute atomic E-state index is 0.274. The number of hydrogen-bond donors (Lipinski definition) is 2. The highest BCUT2D eigenvalue weighted by Gasteiger charge is 2.11. The largest absolute Gasteiger partial charge is 0.388 e. The average Bonchev–Trinajstić information content (AvgIpc) is 2.29. The first-order valence-corrected chi connectivity index (χ1v) is 6.47. The van der Waals surface area contributed by atoms with Crippen LogP contribution in [0.5, 0.6) is 0 Å². The molecule has 4 nitrogen and oxygen atoms in total. The average molecular weight is 240 g/mol. The quantitative estimate of drug-likeness (QED) is 0.586. The van der Waals surface area contributed by atoms with E-state index in [1.165, 1.54) is 0 Å². The molecule has 0 bridgehead atoms. The normalized spacial score (nSPS) is 11.1. The van der Waals surface area contributed by atoms with Gasteiger partial charge in [0.15, 0.2) is 0 Å². The first-order valence-electron chi connectivity index (χ1n) is 4.98. The molecule has 16 heavy (non-hydrogen) atoms. The SMILES string of the molecule is C=CCCNS(=O)(=O)c1ccc(NC)cc1. The van der Waals surface area contributed by atoms with Crippen molar-refractivity contribution in [2.24, 2.45) is 0 Å². The number of benzene rings is 1. The summed E-state index contributed by atoms with van der Waals surface area (Å²) >= 11 is 0. The molecule has 0 aromatic heterocycles. The predicted molar refractivity (Wildman–Crippen MR) is 66.0 cm³/mol. The lowest BCUT2D eigenvalue weighted by atomic mass is 10.3. The lowest BCUT2D eigenvalue weighted by Crippen LogP contribution is -2.24. The van der Waals surface area contributed by atoms with E-state index in [1.807, 2.05) is 0 Å². The number of anilines is 1. The first-order chi connectivity index (χ1) is 7.60. The van der Waals surface area contributed by atoms with E-state index in [9.17, 15) is 8.42 Å². The van der Waals surface area contributed by atoms with Crippen molar-refractivity contribution in [1.82, 2.24) is 4.72 Å². The summed E-state index contributed by atoms with van der Waals surface area (Å²) in [6, 6.07) is 6.59. The van der Waals surface area contributed by atoms with Crippen LogP contribution in [0, 0.1) is 0 Å². The second kappa shape index (κ2) is 5.67. The van der Waals surface area contributed by atoms with Gasteiger partial charge < -0.3 is 5.32 Å². The van der Waals surface area contributed by atoms with E-state index in [0.29, 0.717) is 13.0 Å². The monoisotopic (exact) mass is 240 g/mol. The van der Waals surface area contributed by atoms with Gasteiger partial charge in [-0.05, 0) is 30.7 Å². The van der Waals surface area contributed by atoms with Crippen molar-refractivity contribution in [1.29, 1.82) is 0 Å². The van der Waals surface area contributed by atoms with Crippen molar-refractivity contribution in [3.63, 3.8) is 0 Å². The van der Waals surface area contributed by atoms with Crippen LogP contribution in [-0.2, 0) is 10.0 Å². The fourth-order valence-electron chi connectivity index (χ4n) is 1.18. The van der Waals surface area contributed by atoms with Gasteiger partial charge in [0.05, 0.1) is 4.90 Å². The molecule has 1 rings (SSSR count). The van der Waals surface area contributed by atoms with Crippen molar-refractivity contribution >= 4 is 15.7 Å². The highest BCUT2D eigenvalue weighted by atomic mass is 32.2. The van der Waals surface area contributed by atoms with Crippen LogP contribution in [0.2, 0.25) is 0 Å². The molecule has 0 aliphatic heterocycles. The molecule has 0 saturated carbocycles. The van der Waals surface area contributed by atoms with Gasteiger partial charge in [-0.1, -0.05) is 6.08 Å². The molecule has 0 radical (unpaired) electrons. The van der Waals surface area contributed by atoms with Gasteiger partial charge in [0.25, 0.3) is 0 Å². The van der Waals surface area contributed by atoms with Gasteiger partial charge in [0.2, 0.25) is 10.0 Å². The Morgan fingerprint density at radius 3 is 2.44 bits per heavy atom. The molecule has 0 unspecified atom stereocenters. The van der Waals surface area contributed by atoms with Crippen LogP contribution in [0.15, 0.2) is 41.8 Å². The van der Waals surface area contributed by atoms with Gasteiger partial charge in [-0.25, -0.2) is 13.1 Å². The minimum Gasteiger partial charge on any atom is -0.388 e. The van der Waals surface area contributed by atoms with E-state index in [2.05, 4.69) is 16.6 Å². The molecule has 1 aromatic carbocycles. The van der Waals surface area contributed by atoms with Crippen molar-refractivity contribution < 1.29 is 8.42 Å². The Labute approximate surface area is 96.4 Å². The number of rotatable bonds is 6. The zero-order valence-electron chi connectivity index (χ0n) is 9.23. The van der Waals surface area contributed by atoms with Crippen molar-refractivity contribution in [2.45, 2.75) is 11.3 Å². The smallest absolute Gasteiger partial charge is 0.240 e. The van der Waals surface area contributed by atoms with Crippen LogP contribution in [0.3, 0.4) is 0 Å². The summed E-state index contributed by atoms with van der Waals surface area (Å²) in [5.41, 5.74) is 0.880. The molecular formula is C11H16N2O2S. The summed E-state index contributed by atoms with van der Waals surface area (Å²) in [5.74, 6) is 0. The lowest BCUT2D eigenvalue weighted by Gasteiger charge is -2.06. The third-order valence-corrected chi connectivity index (χ3v) is 3.57. The van der Waals surface area contributed by atoms with Crippen LogP contribution in [-0.4, -0.2) is 22.0 Å². The Balaban J connectivity index is 2.77. The van der Waals surface area contributed by atoms with Crippen molar-refractivity contribution in [3.05, 3.63) is 36.9 Å². The lowest BCUT2D eigenvalue weighted by molar-refractivity contribution is 0.582. The summed E-state index contributed by atoms with van der Waals surface area (Å²) in [6.07, 6.45) is 2.29. The Hall–Kier alpha value is -1.33. The maximum absolute atomic E-state index is 11.7. The fourth-order valence-corrected chi connectivity index (χ4v) is 2.23. The van der Waals surface area contributed by atoms with E-state index in [-0.39, 0.29) is 4.90 Å². The zero-order valence-corrected chi connectivity index (χ0v) is 10.0. The maximum atomic E-state index is 11.7. The Morgan fingerprint density at radius 2 is 1.94 bits per heavy atom. The van der Waals surface area contributed by atoms with Crippen LogP contribution in [0.1, 0.15) is 6.42 Å². The molecule has 0 spiro atoms. The van der Waals surface area contributed by atoms with Gasteiger partial charge in [-0.2, -0.15) is 0 Å². The molecule has 5 heteroatoms. The van der Waals surface area contributed by atoms with Crippen LogP contribution in [0.25, 0.3) is 0 Å². The predicted octanol–water partition coefficient (Wildman–Crippen LogP) is 1.58. The molecule has 88 valence electrons. The number of sulfonamides is 1. The molecule has 1 aromatic rings. The van der Waals surface area contributed by atoms with Gasteiger partial charge in [0.1, 0.15) is 0 Å². The highest BCUT2D eigenvalue weighted by molar-refractivity contribution is 7.89. The second-order valence-corrected chi connectivity index (χ2v) is 5.02. The van der Waals surface area contributed by atoms with E-state index in [1.54, 1.807) is 37.4 Å². The van der Waals surface area contributed by atoms with Crippen LogP contribution < -0.4 is 10.0 Å². The van der Waals surface area contributed by atoms with Gasteiger partial charge in [-0.3, -0.25) is 0 Å². The van der Waals surface area contributed by atoms with Crippen LogP contribution in [0.4, 0.5) is 5.69 Å². The molecule has 0 aliphatic carbocycles. The molecule has 0 atom stereocenters. The fraction of sp³-hybridized carbons (Fsp3) is 0.273. The summed E-state index contributed by atoms with van der Waals surface area (Å²) < 4.78 is 26.0. The molecule has 0 amide bonds. The van der Waals surface area contributed by atoms with Crippen molar-refractivity contribution in [3.8, 4) is 0 Å². The second-order valence-electron chi connectivity index (χ2n) is 3.25. The molecule has 0 saturated heterocycles. The van der Waals surface area contributed by atoms with E-state index in [0.717, 1.165) is 5.69 Å². The van der Waals surface area contributed by atoms with E-state index < -0.39 is 10.0 Å². The summed E-state index contributed by atoms with van der Waals surface area (Å²) in [7, 11) is -1.60. The first kappa shape index (κ1) is 12.7. The maximum Gasteiger partial charge on any atom is 0.240 e. The minimum atomic E-state index is -3.38. The van der Waals surface area contributed by atoms with E-state index in [4.69, 9.17) is 0 Å².